The van der Waals surface area contributed by atoms with Gasteiger partial charge in [0, 0.05) is 43.1 Å². The van der Waals surface area contributed by atoms with Gasteiger partial charge >= 0.3 is 0 Å². The van der Waals surface area contributed by atoms with Gasteiger partial charge < -0.3 is 9.83 Å². The average Bonchev–Trinajstić information content (AvgIpc) is 3.05. The molecule has 0 saturated heterocycles. The number of β-amino-alcohol motifs (C(OH)–C–C–N with tert-alkyl or cyclic N) is 1. The summed E-state index contributed by atoms with van der Waals surface area (Å²) in [7, 11) is -1.17. The van der Waals surface area contributed by atoms with E-state index in [-0.39, 0.29) is 6.04 Å². The number of aliphatic hydroxyl groups is 1. The van der Waals surface area contributed by atoms with E-state index in [2.05, 4.69) is 44.7 Å². The first-order valence-electron chi connectivity index (χ1n) is 8.85. The van der Waals surface area contributed by atoms with Crippen molar-refractivity contribution < 1.29 is 9.32 Å². The lowest BCUT2D eigenvalue weighted by atomic mass is 10.1. The molecule has 2 aromatic heterocycles. The van der Waals surface area contributed by atoms with Crippen LogP contribution >= 0.6 is 11.3 Å². The molecule has 0 bridgehead atoms. The second kappa shape index (κ2) is 7.63. The maximum absolute atomic E-state index is 11.4. The molecule has 0 spiro atoms. The molecule has 2 N–H and O–H groups in total. The van der Waals surface area contributed by atoms with Crippen LogP contribution in [-0.2, 0) is 17.4 Å². The normalized spacial score (nSPS) is 20.0. The first-order valence-corrected chi connectivity index (χ1v) is 11.3. The number of nitrogens with one attached hydrogen (secondary N) is 1. The number of nitrogens with zero attached hydrogens (tertiary/aromatic N) is 3. The molecular weight excluding hydrogens is 380 g/mol. The minimum Gasteiger partial charge on any atom is -0.387 e. The van der Waals surface area contributed by atoms with Crippen molar-refractivity contribution in [1.29, 1.82) is 0 Å². The van der Waals surface area contributed by atoms with Gasteiger partial charge in [0.25, 0.3) is 0 Å². The van der Waals surface area contributed by atoms with E-state index in [1.165, 1.54) is 10.3 Å². The van der Waals surface area contributed by atoms with Crippen LogP contribution in [0.1, 0.15) is 35.9 Å². The summed E-state index contributed by atoms with van der Waals surface area (Å²) in [6, 6.07) is 8.43. The molecule has 0 aliphatic carbocycles. The molecule has 1 aromatic carbocycles. The van der Waals surface area contributed by atoms with Crippen LogP contribution in [0.5, 0.6) is 0 Å². The van der Waals surface area contributed by atoms with Gasteiger partial charge in [0.15, 0.2) is 0 Å². The molecule has 0 fully saturated rings. The Morgan fingerprint density at radius 2 is 2.22 bits per heavy atom. The fourth-order valence-corrected chi connectivity index (χ4v) is 4.69. The standard InChI is InChI=1S/C19H22N4O2S2/c1-12(13-3-4-19-17(7-13)21-11-26-19)23-6-5-16-15(18(24)10-23)8-14(9-20-16)22-27(2)25/h3-4,7-9,11-12,18,22,24H,5-6,10H2,1-2H3/t12?,18-,27?/m1/s1. The van der Waals surface area contributed by atoms with Gasteiger partial charge in [-0.05, 0) is 30.7 Å². The second-order valence-corrected chi connectivity index (χ2v) is 8.83. The fraction of sp³-hybridized carbons (Fsp3) is 0.368. The molecule has 1 aliphatic heterocycles. The van der Waals surface area contributed by atoms with E-state index in [1.807, 2.05) is 11.6 Å². The number of hydrogen-bond acceptors (Lipinski definition) is 6. The van der Waals surface area contributed by atoms with E-state index in [0.717, 1.165) is 29.7 Å². The molecule has 0 saturated carbocycles. The van der Waals surface area contributed by atoms with Gasteiger partial charge in [-0.2, -0.15) is 0 Å². The Hall–Kier alpha value is -1.87. The Morgan fingerprint density at radius 1 is 1.37 bits per heavy atom. The summed E-state index contributed by atoms with van der Waals surface area (Å²) in [6.07, 6.45) is 3.39. The van der Waals surface area contributed by atoms with E-state index in [0.29, 0.717) is 12.2 Å². The van der Waals surface area contributed by atoms with Gasteiger partial charge in [-0.3, -0.25) is 9.88 Å². The quantitative estimate of drug-likeness (QED) is 0.701. The molecule has 0 radical (unpaired) electrons. The number of aromatic nitrogens is 2. The lowest BCUT2D eigenvalue weighted by Gasteiger charge is -2.29. The predicted octanol–water partition coefficient (Wildman–Crippen LogP) is 3.05. The summed E-state index contributed by atoms with van der Waals surface area (Å²) in [5.74, 6) is 0. The van der Waals surface area contributed by atoms with Crippen molar-refractivity contribution in [1.82, 2.24) is 14.9 Å². The van der Waals surface area contributed by atoms with Crippen molar-refractivity contribution in [3.05, 3.63) is 52.8 Å². The van der Waals surface area contributed by atoms with Crippen LogP contribution in [0.25, 0.3) is 10.2 Å². The molecule has 3 atom stereocenters. The smallest absolute Gasteiger partial charge is 0.113 e. The van der Waals surface area contributed by atoms with Gasteiger partial charge in [-0.15, -0.1) is 11.3 Å². The van der Waals surface area contributed by atoms with Crippen molar-refractivity contribution in [2.24, 2.45) is 0 Å². The highest BCUT2D eigenvalue weighted by Gasteiger charge is 2.26. The molecule has 8 heteroatoms. The Bertz CT molecular complexity index is 991. The summed E-state index contributed by atoms with van der Waals surface area (Å²) in [4.78, 5) is 11.2. The third-order valence-corrected chi connectivity index (χ3v) is 6.39. The van der Waals surface area contributed by atoms with E-state index < -0.39 is 17.1 Å². The van der Waals surface area contributed by atoms with E-state index >= 15 is 0 Å². The van der Waals surface area contributed by atoms with Crippen LogP contribution in [0.15, 0.2) is 36.0 Å². The predicted molar refractivity (Wildman–Crippen MR) is 110 cm³/mol. The summed E-state index contributed by atoms with van der Waals surface area (Å²) in [5, 5.41) is 10.8. The average molecular weight is 403 g/mol. The molecule has 1 aliphatic rings. The molecular formula is C19H22N4O2S2. The zero-order chi connectivity index (χ0) is 19.0. The Morgan fingerprint density at radius 3 is 3.04 bits per heavy atom. The maximum Gasteiger partial charge on any atom is 0.113 e. The Kier molecular flexibility index (Phi) is 5.23. The van der Waals surface area contributed by atoms with Crippen LogP contribution in [0.3, 0.4) is 0 Å². The van der Waals surface area contributed by atoms with Crippen molar-refractivity contribution in [2.75, 3.05) is 24.1 Å². The molecule has 0 amide bonds. The van der Waals surface area contributed by atoms with Crippen LogP contribution in [0.2, 0.25) is 0 Å². The van der Waals surface area contributed by atoms with Gasteiger partial charge in [0.1, 0.15) is 11.0 Å². The SMILES string of the molecule is CC(c1ccc2scnc2c1)N1CCc2ncc(NS(C)=O)cc2[C@H](O)C1. The maximum atomic E-state index is 11.4. The largest absolute Gasteiger partial charge is 0.387 e. The molecule has 3 aromatic rings. The van der Waals surface area contributed by atoms with Crippen LogP contribution in [0, 0.1) is 0 Å². The zero-order valence-corrected chi connectivity index (χ0v) is 16.9. The number of hydrogen-bond donors (Lipinski definition) is 2. The molecule has 2 unspecified atom stereocenters. The fourth-order valence-electron chi connectivity index (χ4n) is 3.59. The molecule has 3 heterocycles. The van der Waals surface area contributed by atoms with Gasteiger partial charge in [-0.25, -0.2) is 9.19 Å². The molecule has 4 rings (SSSR count). The summed E-state index contributed by atoms with van der Waals surface area (Å²) in [6.45, 7) is 3.51. The van der Waals surface area contributed by atoms with Crippen molar-refractivity contribution in [3.63, 3.8) is 0 Å². The number of fused-ring (bicyclic) bond motifs is 2. The summed E-state index contributed by atoms with van der Waals surface area (Å²) >= 11 is 1.64. The van der Waals surface area contributed by atoms with Gasteiger partial charge in [0.2, 0.25) is 0 Å². The van der Waals surface area contributed by atoms with E-state index in [4.69, 9.17) is 0 Å². The number of pyridine rings is 1. The molecule has 6 nitrogen and oxygen atoms in total. The third kappa shape index (κ3) is 3.89. The summed E-state index contributed by atoms with van der Waals surface area (Å²) < 4.78 is 15.4. The van der Waals surface area contributed by atoms with Crippen molar-refractivity contribution in [3.8, 4) is 0 Å². The highest BCUT2D eigenvalue weighted by Crippen LogP contribution is 2.31. The lowest BCUT2D eigenvalue weighted by molar-refractivity contribution is 0.0985. The zero-order valence-electron chi connectivity index (χ0n) is 15.3. The van der Waals surface area contributed by atoms with Gasteiger partial charge in [-0.1, -0.05) is 6.07 Å². The van der Waals surface area contributed by atoms with Gasteiger partial charge in [0.05, 0.1) is 33.7 Å². The lowest BCUT2D eigenvalue weighted by Crippen LogP contribution is -2.31. The topological polar surface area (TPSA) is 78.4 Å². The number of thiazole rings is 1. The third-order valence-electron chi connectivity index (χ3n) is 5.05. The highest BCUT2D eigenvalue weighted by atomic mass is 32.2. The molecule has 27 heavy (non-hydrogen) atoms. The number of rotatable bonds is 4. The van der Waals surface area contributed by atoms with Crippen LogP contribution < -0.4 is 4.72 Å². The number of aliphatic hydroxyl groups excluding tert-OH is 1. The van der Waals surface area contributed by atoms with E-state index in [1.54, 1.807) is 23.8 Å². The van der Waals surface area contributed by atoms with Crippen molar-refractivity contribution >= 4 is 38.2 Å². The number of anilines is 1. The monoisotopic (exact) mass is 402 g/mol. The van der Waals surface area contributed by atoms with Crippen LogP contribution in [0.4, 0.5) is 5.69 Å². The first-order chi connectivity index (χ1) is 13.0. The summed E-state index contributed by atoms with van der Waals surface area (Å²) in [5.41, 5.74) is 6.47. The number of benzene rings is 1. The Labute approximate surface area is 164 Å². The van der Waals surface area contributed by atoms with E-state index in [9.17, 15) is 9.32 Å². The van der Waals surface area contributed by atoms with Crippen LogP contribution in [-0.4, -0.2) is 43.5 Å². The second-order valence-electron chi connectivity index (χ2n) is 6.83. The Balaban J connectivity index is 1.56. The first kappa shape index (κ1) is 18.5. The van der Waals surface area contributed by atoms with Crippen molar-refractivity contribution in [2.45, 2.75) is 25.5 Å². The minimum absolute atomic E-state index is 0.167. The highest BCUT2D eigenvalue weighted by molar-refractivity contribution is 7.85. The minimum atomic E-state index is -1.17. The molecule has 142 valence electrons.